The molecule has 0 aromatic rings. The summed E-state index contributed by atoms with van der Waals surface area (Å²) in [6.45, 7) is 8.86. The third-order valence-corrected chi connectivity index (χ3v) is 3.64. The Balaban J connectivity index is 2.34. The van der Waals surface area contributed by atoms with Crippen LogP contribution in [0.2, 0.25) is 0 Å². The van der Waals surface area contributed by atoms with E-state index in [1.165, 1.54) is 24.8 Å². The summed E-state index contributed by atoms with van der Waals surface area (Å²) in [4.78, 5) is 0. The fourth-order valence-electron chi connectivity index (χ4n) is 2.47. The molecule has 2 aliphatic carbocycles. The lowest BCUT2D eigenvalue weighted by Gasteiger charge is -2.29. The minimum atomic E-state index is 0.604. The maximum atomic E-state index is 4.13. The summed E-state index contributed by atoms with van der Waals surface area (Å²) in [7, 11) is 0. The molecule has 2 atom stereocenters. The van der Waals surface area contributed by atoms with Gasteiger partial charge in [-0.05, 0) is 30.6 Å². The van der Waals surface area contributed by atoms with Gasteiger partial charge >= 0.3 is 0 Å². The molecular formula is C10H15. The van der Waals surface area contributed by atoms with E-state index < -0.39 is 0 Å². The quantitative estimate of drug-likeness (QED) is 0.479. The molecule has 10 heavy (non-hydrogen) atoms. The van der Waals surface area contributed by atoms with Crippen LogP contribution < -0.4 is 0 Å². The summed E-state index contributed by atoms with van der Waals surface area (Å²) in [5.74, 6) is 2.42. The lowest BCUT2D eigenvalue weighted by Crippen LogP contribution is -2.19. The van der Waals surface area contributed by atoms with Crippen molar-refractivity contribution in [1.29, 1.82) is 0 Å². The largest absolute Gasteiger partial charge is 0.0990 e. The van der Waals surface area contributed by atoms with E-state index in [1.54, 1.807) is 5.92 Å². The third kappa shape index (κ3) is 0.574. The predicted molar refractivity (Wildman–Crippen MR) is 43.5 cm³/mol. The second-order valence-corrected chi connectivity index (χ2v) is 4.18. The maximum Gasteiger partial charge on any atom is 0.00114 e. The van der Waals surface area contributed by atoms with E-state index in [4.69, 9.17) is 0 Å². The number of fused-ring (bicyclic) bond motifs is 2. The fourth-order valence-corrected chi connectivity index (χ4v) is 2.47. The van der Waals surface area contributed by atoms with Crippen molar-refractivity contribution in [3.63, 3.8) is 0 Å². The van der Waals surface area contributed by atoms with Gasteiger partial charge in [0.1, 0.15) is 0 Å². The van der Waals surface area contributed by atoms with E-state index in [9.17, 15) is 0 Å². The van der Waals surface area contributed by atoms with Crippen LogP contribution in [0.3, 0.4) is 0 Å². The van der Waals surface area contributed by atoms with Crippen LogP contribution in [0.1, 0.15) is 33.1 Å². The zero-order valence-electron chi connectivity index (χ0n) is 6.91. The first kappa shape index (κ1) is 6.45. The minimum absolute atomic E-state index is 0.604. The van der Waals surface area contributed by atoms with E-state index in [2.05, 4.69) is 20.4 Å². The molecule has 55 valence electrons. The molecule has 0 heterocycles. The van der Waals surface area contributed by atoms with Gasteiger partial charge in [-0.3, -0.25) is 0 Å². The highest BCUT2D eigenvalue weighted by atomic mass is 14.5. The maximum absolute atomic E-state index is 4.13. The van der Waals surface area contributed by atoms with Crippen molar-refractivity contribution >= 4 is 0 Å². The normalized spacial score (nSPS) is 47.0. The van der Waals surface area contributed by atoms with Gasteiger partial charge < -0.3 is 0 Å². The standard InChI is InChI=1S/C10H15/c1-7-8(2)10(3)5-4-9(7)6-10/h8H,1,4-6H2,2-3H3. The molecule has 0 aliphatic heterocycles. The molecule has 0 aromatic carbocycles. The average Bonchev–Trinajstić information content (AvgIpc) is 2.35. The van der Waals surface area contributed by atoms with Crippen molar-refractivity contribution in [2.24, 2.45) is 11.3 Å². The first-order chi connectivity index (χ1) is 4.63. The Morgan fingerprint density at radius 1 is 1.60 bits per heavy atom. The number of rotatable bonds is 0. The molecule has 2 bridgehead atoms. The first-order valence-corrected chi connectivity index (χ1v) is 4.17. The Hall–Kier alpha value is -0.260. The van der Waals surface area contributed by atoms with Crippen molar-refractivity contribution in [3.05, 3.63) is 18.1 Å². The van der Waals surface area contributed by atoms with Crippen LogP contribution in [0.4, 0.5) is 0 Å². The van der Waals surface area contributed by atoms with E-state index in [1.807, 2.05) is 0 Å². The molecule has 0 nitrogen and oxygen atoms in total. The Bertz CT molecular complexity index is 180. The van der Waals surface area contributed by atoms with Gasteiger partial charge in [0.2, 0.25) is 0 Å². The van der Waals surface area contributed by atoms with Crippen LogP contribution >= 0.6 is 0 Å². The summed E-state index contributed by atoms with van der Waals surface area (Å²) in [6.07, 6.45) is 4.08. The van der Waals surface area contributed by atoms with Gasteiger partial charge in [-0.2, -0.15) is 0 Å². The Kier molecular flexibility index (Phi) is 1.07. The zero-order valence-corrected chi connectivity index (χ0v) is 6.91. The molecule has 2 unspecified atom stereocenters. The lowest BCUT2D eigenvalue weighted by molar-refractivity contribution is 0.266. The highest BCUT2D eigenvalue weighted by Crippen LogP contribution is 2.60. The smallest absolute Gasteiger partial charge is 0.00114 e. The summed E-state index contributed by atoms with van der Waals surface area (Å²) in [5.41, 5.74) is 2.06. The molecule has 0 amide bonds. The summed E-state index contributed by atoms with van der Waals surface area (Å²) >= 11 is 0. The van der Waals surface area contributed by atoms with Gasteiger partial charge in [0, 0.05) is 5.92 Å². The number of allylic oxidation sites excluding steroid dienone is 1. The highest BCUT2D eigenvalue weighted by Gasteiger charge is 2.49. The molecule has 2 fully saturated rings. The van der Waals surface area contributed by atoms with Gasteiger partial charge in [-0.25, -0.2) is 0 Å². The van der Waals surface area contributed by atoms with Gasteiger partial charge in [0.15, 0.2) is 0 Å². The van der Waals surface area contributed by atoms with Crippen LogP contribution in [0.25, 0.3) is 0 Å². The molecule has 0 aromatic heterocycles. The molecule has 0 N–H and O–H groups in total. The van der Waals surface area contributed by atoms with Crippen LogP contribution in [0, 0.1) is 17.3 Å². The monoisotopic (exact) mass is 135 g/mol. The van der Waals surface area contributed by atoms with Crippen molar-refractivity contribution in [2.75, 3.05) is 0 Å². The topological polar surface area (TPSA) is 0 Å². The Labute approximate surface area is 63.3 Å². The average molecular weight is 135 g/mol. The molecule has 2 saturated carbocycles. The van der Waals surface area contributed by atoms with Crippen molar-refractivity contribution < 1.29 is 0 Å². The molecule has 0 saturated heterocycles. The van der Waals surface area contributed by atoms with E-state index >= 15 is 0 Å². The van der Waals surface area contributed by atoms with Crippen molar-refractivity contribution in [1.82, 2.24) is 0 Å². The lowest BCUT2D eigenvalue weighted by atomic mass is 9.76. The number of hydrogen-bond acceptors (Lipinski definition) is 0. The molecule has 0 spiro atoms. The van der Waals surface area contributed by atoms with E-state index in [0.717, 1.165) is 5.92 Å². The van der Waals surface area contributed by atoms with Gasteiger partial charge in [0.05, 0.1) is 0 Å². The predicted octanol–water partition coefficient (Wildman–Crippen LogP) is 2.96. The van der Waals surface area contributed by atoms with Crippen LogP contribution in [-0.4, -0.2) is 0 Å². The van der Waals surface area contributed by atoms with Gasteiger partial charge in [-0.15, -0.1) is 0 Å². The van der Waals surface area contributed by atoms with Gasteiger partial charge in [-0.1, -0.05) is 26.0 Å². The fraction of sp³-hybridized carbons (Fsp3) is 0.700. The first-order valence-electron chi connectivity index (χ1n) is 4.17. The minimum Gasteiger partial charge on any atom is -0.0990 e. The van der Waals surface area contributed by atoms with Crippen LogP contribution in [0.15, 0.2) is 12.2 Å². The SMILES string of the molecule is C=C1[C]2CCC(C)(C2)C1C. The van der Waals surface area contributed by atoms with Gasteiger partial charge in [0.25, 0.3) is 0 Å². The van der Waals surface area contributed by atoms with E-state index in [-0.39, 0.29) is 0 Å². The number of hydrogen-bond donors (Lipinski definition) is 0. The van der Waals surface area contributed by atoms with Crippen molar-refractivity contribution in [2.45, 2.75) is 33.1 Å². The Morgan fingerprint density at radius 3 is 2.60 bits per heavy atom. The second kappa shape index (κ2) is 1.66. The molecule has 1 radical (unpaired) electrons. The van der Waals surface area contributed by atoms with Crippen molar-refractivity contribution in [3.8, 4) is 0 Å². The van der Waals surface area contributed by atoms with E-state index in [0.29, 0.717) is 5.41 Å². The summed E-state index contributed by atoms with van der Waals surface area (Å²) in [6, 6.07) is 0. The molecular weight excluding hydrogens is 120 g/mol. The third-order valence-electron chi connectivity index (χ3n) is 3.64. The van der Waals surface area contributed by atoms with Crippen LogP contribution in [-0.2, 0) is 0 Å². The highest BCUT2D eigenvalue weighted by molar-refractivity contribution is 5.36. The zero-order chi connectivity index (χ0) is 7.35. The second-order valence-electron chi connectivity index (χ2n) is 4.18. The summed E-state index contributed by atoms with van der Waals surface area (Å²) < 4.78 is 0. The molecule has 2 rings (SSSR count). The molecule has 2 aliphatic rings. The molecule has 0 heteroatoms. The van der Waals surface area contributed by atoms with Crippen LogP contribution in [0.5, 0.6) is 0 Å². The summed E-state index contributed by atoms with van der Waals surface area (Å²) in [5, 5.41) is 0. The Morgan fingerprint density at radius 2 is 2.30 bits per heavy atom.